The van der Waals surface area contributed by atoms with Gasteiger partial charge < -0.3 is 16.2 Å². The zero-order chi connectivity index (χ0) is 21.0. The standard InChI is InChI=1S/C20H17FN4O3S.H3N/c1-3-10-28-16-8-5-14(6-9-16)19-17(21)12-23-20(25-19)24-15-7-4-13(2)18(11-15)29(22,26)27;/h1,4-9,11-12H,10H2,2H3,(H2,22,26,27)(H,23,24,25);1H3. The number of halogens is 1. The zero-order valence-electron chi connectivity index (χ0n) is 16.1. The van der Waals surface area contributed by atoms with E-state index in [9.17, 15) is 12.8 Å². The molecule has 0 saturated carbocycles. The van der Waals surface area contributed by atoms with Crippen LogP contribution in [0, 0.1) is 25.1 Å². The SMILES string of the molecule is C#CCOc1ccc(-c2nc(Nc3ccc(C)c(S(N)(=O)=O)c3)ncc2F)cc1.N. The number of rotatable bonds is 6. The molecule has 1 aromatic heterocycles. The summed E-state index contributed by atoms with van der Waals surface area (Å²) in [5, 5.41) is 8.09. The molecule has 0 radical (unpaired) electrons. The number of ether oxygens (including phenoxy) is 1. The van der Waals surface area contributed by atoms with Gasteiger partial charge in [0.2, 0.25) is 16.0 Å². The van der Waals surface area contributed by atoms with Crippen LogP contribution in [0.3, 0.4) is 0 Å². The van der Waals surface area contributed by atoms with E-state index >= 15 is 0 Å². The summed E-state index contributed by atoms with van der Waals surface area (Å²) in [5.74, 6) is 2.40. The number of sulfonamides is 1. The average Bonchev–Trinajstić information content (AvgIpc) is 2.69. The summed E-state index contributed by atoms with van der Waals surface area (Å²) in [7, 11) is -3.88. The molecule has 1 heterocycles. The molecule has 156 valence electrons. The van der Waals surface area contributed by atoms with E-state index in [2.05, 4.69) is 21.2 Å². The van der Waals surface area contributed by atoms with Gasteiger partial charge in [-0.15, -0.1) is 6.42 Å². The number of nitrogens with one attached hydrogen (secondary N) is 1. The van der Waals surface area contributed by atoms with Crippen molar-refractivity contribution in [2.75, 3.05) is 11.9 Å². The van der Waals surface area contributed by atoms with Crippen molar-refractivity contribution in [3.8, 4) is 29.4 Å². The van der Waals surface area contributed by atoms with E-state index in [1.54, 1.807) is 43.3 Å². The molecule has 0 aliphatic carbocycles. The smallest absolute Gasteiger partial charge is 0.238 e. The Bertz CT molecular complexity index is 1190. The maximum Gasteiger partial charge on any atom is 0.238 e. The second-order valence-electron chi connectivity index (χ2n) is 6.06. The lowest BCUT2D eigenvalue weighted by molar-refractivity contribution is 0.370. The lowest BCUT2D eigenvalue weighted by Crippen LogP contribution is -2.14. The predicted molar refractivity (Wildman–Crippen MR) is 113 cm³/mol. The quantitative estimate of drug-likeness (QED) is 0.511. The number of hydrogen-bond acceptors (Lipinski definition) is 7. The average molecular weight is 429 g/mol. The monoisotopic (exact) mass is 429 g/mol. The number of aromatic nitrogens is 2. The van der Waals surface area contributed by atoms with Crippen LogP contribution in [0.2, 0.25) is 0 Å². The molecular weight excluding hydrogens is 409 g/mol. The van der Waals surface area contributed by atoms with E-state index in [4.69, 9.17) is 16.3 Å². The number of benzene rings is 2. The maximum absolute atomic E-state index is 14.3. The van der Waals surface area contributed by atoms with Crippen LogP contribution < -0.4 is 21.3 Å². The van der Waals surface area contributed by atoms with Crippen LogP contribution >= 0.6 is 0 Å². The van der Waals surface area contributed by atoms with Crippen molar-refractivity contribution in [3.63, 3.8) is 0 Å². The van der Waals surface area contributed by atoms with Crippen molar-refractivity contribution in [1.82, 2.24) is 16.1 Å². The molecule has 0 spiro atoms. The molecule has 0 atom stereocenters. The molecule has 0 unspecified atom stereocenters. The molecule has 30 heavy (non-hydrogen) atoms. The summed E-state index contributed by atoms with van der Waals surface area (Å²) >= 11 is 0. The third-order valence-electron chi connectivity index (χ3n) is 3.94. The maximum atomic E-state index is 14.3. The zero-order valence-corrected chi connectivity index (χ0v) is 16.9. The molecule has 0 aliphatic heterocycles. The summed E-state index contributed by atoms with van der Waals surface area (Å²) in [6.07, 6.45) is 6.18. The van der Waals surface area contributed by atoms with E-state index in [0.717, 1.165) is 6.20 Å². The van der Waals surface area contributed by atoms with Gasteiger partial charge in [0.15, 0.2) is 5.82 Å². The number of nitrogens with zero attached hydrogens (tertiary/aromatic N) is 2. The normalized spacial score (nSPS) is 10.6. The van der Waals surface area contributed by atoms with Gasteiger partial charge in [-0.3, -0.25) is 0 Å². The molecule has 8 nitrogen and oxygen atoms in total. The van der Waals surface area contributed by atoms with Crippen molar-refractivity contribution < 1.29 is 17.5 Å². The number of hydrogen-bond donors (Lipinski definition) is 3. The molecule has 0 fully saturated rings. The first-order valence-corrected chi connectivity index (χ1v) is 9.92. The third kappa shape index (κ3) is 5.30. The lowest BCUT2D eigenvalue weighted by atomic mass is 10.1. The molecular formula is C20H20FN5O3S. The Hall–Kier alpha value is -3.52. The Balaban J connectivity index is 0.00000320. The Morgan fingerprint density at radius 2 is 1.93 bits per heavy atom. The van der Waals surface area contributed by atoms with Gasteiger partial charge >= 0.3 is 0 Å². The Morgan fingerprint density at radius 3 is 2.57 bits per heavy atom. The van der Waals surface area contributed by atoms with Gasteiger partial charge in [-0.2, -0.15) is 0 Å². The summed E-state index contributed by atoms with van der Waals surface area (Å²) in [5.41, 5.74) is 1.49. The molecule has 0 aliphatic rings. The summed E-state index contributed by atoms with van der Waals surface area (Å²) in [6, 6.07) is 11.2. The Morgan fingerprint density at radius 1 is 1.23 bits per heavy atom. The van der Waals surface area contributed by atoms with E-state index in [1.165, 1.54) is 6.07 Å². The number of terminal acetylenes is 1. The number of anilines is 2. The molecule has 3 rings (SSSR count). The third-order valence-corrected chi connectivity index (χ3v) is 5.00. The fourth-order valence-corrected chi connectivity index (χ4v) is 3.39. The minimum absolute atomic E-state index is 0. The highest BCUT2D eigenvalue weighted by Gasteiger charge is 2.14. The van der Waals surface area contributed by atoms with Crippen molar-refractivity contribution in [3.05, 3.63) is 60.0 Å². The first-order valence-electron chi connectivity index (χ1n) is 8.37. The minimum Gasteiger partial charge on any atom is -0.481 e. The molecule has 0 saturated heterocycles. The van der Waals surface area contributed by atoms with Crippen LogP contribution in [0.4, 0.5) is 16.0 Å². The highest BCUT2D eigenvalue weighted by atomic mass is 32.2. The second-order valence-corrected chi connectivity index (χ2v) is 7.59. The molecule has 10 heteroatoms. The van der Waals surface area contributed by atoms with Gasteiger partial charge in [0.25, 0.3) is 0 Å². The number of aryl methyl sites for hydroxylation is 1. The van der Waals surface area contributed by atoms with E-state index in [0.29, 0.717) is 22.6 Å². The second kappa shape index (κ2) is 9.32. The Labute approximate surface area is 174 Å². The summed E-state index contributed by atoms with van der Waals surface area (Å²) in [6.45, 7) is 1.76. The summed E-state index contributed by atoms with van der Waals surface area (Å²) < 4.78 is 42.9. The fraction of sp³-hybridized carbons (Fsp3) is 0.100. The van der Waals surface area contributed by atoms with Gasteiger partial charge in [0, 0.05) is 11.3 Å². The lowest BCUT2D eigenvalue weighted by Gasteiger charge is -2.10. The molecule has 2 aromatic carbocycles. The van der Waals surface area contributed by atoms with Crippen LogP contribution in [0.5, 0.6) is 5.75 Å². The molecule has 6 N–H and O–H groups in total. The van der Waals surface area contributed by atoms with Crippen molar-refractivity contribution in [2.45, 2.75) is 11.8 Å². The van der Waals surface area contributed by atoms with E-state index in [1.807, 2.05) is 0 Å². The van der Waals surface area contributed by atoms with Gasteiger partial charge in [0.1, 0.15) is 18.1 Å². The predicted octanol–water partition coefficient (Wildman–Crippen LogP) is 3.16. The highest BCUT2D eigenvalue weighted by Crippen LogP contribution is 2.26. The molecule has 0 bridgehead atoms. The first kappa shape index (κ1) is 22.8. The topological polar surface area (TPSA) is 142 Å². The molecule has 0 amide bonds. The molecule has 3 aromatic rings. The fourth-order valence-electron chi connectivity index (χ4n) is 2.58. The van der Waals surface area contributed by atoms with E-state index < -0.39 is 15.8 Å². The minimum atomic E-state index is -3.88. The van der Waals surface area contributed by atoms with Crippen molar-refractivity contribution >= 4 is 21.7 Å². The van der Waals surface area contributed by atoms with Crippen molar-refractivity contribution in [2.24, 2.45) is 5.14 Å². The van der Waals surface area contributed by atoms with Crippen LogP contribution in [0.25, 0.3) is 11.3 Å². The Kier molecular flexibility index (Phi) is 7.07. The van der Waals surface area contributed by atoms with Gasteiger partial charge in [-0.05, 0) is 48.9 Å². The van der Waals surface area contributed by atoms with Crippen molar-refractivity contribution in [1.29, 1.82) is 0 Å². The van der Waals surface area contributed by atoms with Gasteiger partial charge in [-0.1, -0.05) is 12.0 Å². The van der Waals surface area contributed by atoms with Crippen LogP contribution in [0.1, 0.15) is 5.56 Å². The van der Waals surface area contributed by atoms with Gasteiger partial charge in [-0.25, -0.2) is 27.9 Å². The van der Waals surface area contributed by atoms with Crippen LogP contribution in [-0.2, 0) is 10.0 Å². The van der Waals surface area contributed by atoms with Crippen LogP contribution in [0.15, 0.2) is 53.6 Å². The van der Waals surface area contributed by atoms with Gasteiger partial charge in [0.05, 0.1) is 11.1 Å². The summed E-state index contributed by atoms with van der Waals surface area (Å²) in [4.78, 5) is 8.08. The number of nitrogens with two attached hydrogens (primary N) is 1. The highest BCUT2D eigenvalue weighted by molar-refractivity contribution is 7.89. The largest absolute Gasteiger partial charge is 0.481 e. The van der Waals surface area contributed by atoms with E-state index in [-0.39, 0.29) is 29.3 Å². The van der Waals surface area contributed by atoms with Crippen LogP contribution in [-0.4, -0.2) is 25.0 Å². The first-order chi connectivity index (χ1) is 13.8. The number of primary sulfonamides is 1.